The summed E-state index contributed by atoms with van der Waals surface area (Å²) in [4.78, 5) is 3.96. The van der Waals surface area contributed by atoms with Gasteiger partial charge in [-0.05, 0) is 17.7 Å². The third-order valence-corrected chi connectivity index (χ3v) is 2.27. The van der Waals surface area contributed by atoms with E-state index in [0.29, 0.717) is 12.2 Å². The Morgan fingerprint density at radius 3 is 3.00 bits per heavy atom. The monoisotopic (exact) mass is 204 g/mol. The molecular formula is C11H12N2O2. The molecule has 2 rings (SSSR count). The number of nitrogens with two attached hydrogens (primary N) is 1. The lowest BCUT2D eigenvalue weighted by Gasteiger charge is -2.09. The predicted molar refractivity (Wildman–Crippen MR) is 56.0 cm³/mol. The van der Waals surface area contributed by atoms with Gasteiger partial charge in [-0.25, -0.2) is 4.98 Å². The molecule has 4 heteroatoms. The van der Waals surface area contributed by atoms with Gasteiger partial charge in [0.2, 0.25) is 0 Å². The summed E-state index contributed by atoms with van der Waals surface area (Å²) in [6.45, 7) is 0. The summed E-state index contributed by atoms with van der Waals surface area (Å²) in [6, 6.07) is 5.39. The summed E-state index contributed by atoms with van der Waals surface area (Å²) < 4.78 is 4.90. The van der Waals surface area contributed by atoms with Crippen molar-refractivity contribution in [1.82, 2.24) is 4.98 Å². The number of anilines is 1. The second-order valence-corrected chi connectivity index (χ2v) is 3.32. The fourth-order valence-electron chi connectivity index (χ4n) is 1.41. The third-order valence-electron chi connectivity index (χ3n) is 2.27. The number of hydrogen-bond donors (Lipinski definition) is 2. The number of nitrogens with zero attached hydrogens (tertiary/aromatic N) is 1. The maximum atomic E-state index is 9.84. The Labute approximate surface area is 87.4 Å². The summed E-state index contributed by atoms with van der Waals surface area (Å²) in [5.41, 5.74) is 7.26. The highest BCUT2D eigenvalue weighted by Crippen LogP contribution is 2.20. The number of hydrogen-bond acceptors (Lipinski definition) is 4. The van der Waals surface area contributed by atoms with Crippen molar-refractivity contribution in [1.29, 1.82) is 0 Å². The molecule has 0 saturated heterocycles. The van der Waals surface area contributed by atoms with Crippen molar-refractivity contribution in [2.45, 2.75) is 12.5 Å². The summed E-state index contributed by atoms with van der Waals surface area (Å²) in [5.74, 6) is 0.458. The van der Waals surface area contributed by atoms with Crippen LogP contribution in [-0.2, 0) is 6.42 Å². The van der Waals surface area contributed by atoms with Crippen LogP contribution in [0.4, 0.5) is 5.82 Å². The molecular weight excluding hydrogens is 192 g/mol. The van der Waals surface area contributed by atoms with E-state index in [4.69, 9.17) is 10.2 Å². The standard InChI is InChI=1S/C11H12N2O2/c12-11-8(2-1-4-13-11)6-10(14)9-3-5-15-7-9/h1-5,7,10,14H,6H2,(H2,12,13). The van der Waals surface area contributed by atoms with E-state index in [9.17, 15) is 5.11 Å². The molecule has 0 aliphatic rings. The number of nitrogen functional groups attached to an aromatic ring is 1. The lowest BCUT2D eigenvalue weighted by molar-refractivity contribution is 0.177. The van der Waals surface area contributed by atoms with E-state index in [-0.39, 0.29) is 0 Å². The van der Waals surface area contributed by atoms with Gasteiger partial charge in [-0.3, -0.25) is 0 Å². The zero-order chi connectivity index (χ0) is 10.7. The van der Waals surface area contributed by atoms with Gasteiger partial charge in [0.05, 0.1) is 18.6 Å². The first kappa shape index (κ1) is 9.73. The van der Waals surface area contributed by atoms with E-state index in [1.54, 1.807) is 18.3 Å². The molecule has 1 unspecified atom stereocenters. The Kier molecular flexibility index (Phi) is 2.69. The molecule has 2 heterocycles. The van der Waals surface area contributed by atoms with Crippen LogP contribution in [0, 0.1) is 0 Å². The van der Waals surface area contributed by atoms with Crippen LogP contribution in [0.2, 0.25) is 0 Å². The molecule has 0 radical (unpaired) electrons. The molecule has 0 spiro atoms. The van der Waals surface area contributed by atoms with E-state index in [1.165, 1.54) is 12.5 Å². The van der Waals surface area contributed by atoms with Crippen molar-refractivity contribution in [3.05, 3.63) is 48.0 Å². The number of pyridine rings is 1. The molecule has 0 aliphatic carbocycles. The molecule has 0 aromatic carbocycles. The van der Waals surface area contributed by atoms with E-state index in [1.807, 2.05) is 6.07 Å². The lowest BCUT2D eigenvalue weighted by Crippen LogP contribution is -2.04. The molecule has 2 aromatic rings. The number of aliphatic hydroxyl groups excluding tert-OH is 1. The molecule has 3 N–H and O–H groups in total. The third kappa shape index (κ3) is 2.16. The number of rotatable bonds is 3. The maximum absolute atomic E-state index is 9.84. The van der Waals surface area contributed by atoms with Crippen molar-refractivity contribution in [2.75, 3.05) is 5.73 Å². The van der Waals surface area contributed by atoms with Crippen molar-refractivity contribution in [3.8, 4) is 0 Å². The Morgan fingerprint density at radius 1 is 1.47 bits per heavy atom. The number of aliphatic hydroxyl groups is 1. The van der Waals surface area contributed by atoms with Crippen LogP contribution in [0.3, 0.4) is 0 Å². The molecule has 4 nitrogen and oxygen atoms in total. The first-order chi connectivity index (χ1) is 7.27. The highest BCUT2D eigenvalue weighted by atomic mass is 16.3. The van der Waals surface area contributed by atoms with Crippen LogP contribution in [-0.4, -0.2) is 10.1 Å². The van der Waals surface area contributed by atoms with Gasteiger partial charge in [-0.2, -0.15) is 0 Å². The van der Waals surface area contributed by atoms with E-state index >= 15 is 0 Å². The molecule has 78 valence electrons. The summed E-state index contributed by atoms with van der Waals surface area (Å²) in [5, 5.41) is 9.84. The summed E-state index contributed by atoms with van der Waals surface area (Å²) >= 11 is 0. The van der Waals surface area contributed by atoms with Crippen LogP contribution in [0.1, 0.15) is 17.2 Å². The molecule has 0 amide bonds. The van der Waals surface area contributed by atoms with E-state index in [0.717, 1.165) is 11.1 Å². The largest absolute Gasteiger partial charge is 0.472 e. The van der Waals surface area contributed by atoms with Crippen LogP contribution < -0.4 is 5.73 Å². The SMILES string of the molecule is Nc1ncccc1CC(O)c1ccoc1. The maximum Gasteiger partial charge on any atom is 0.126 e. The minimum atomic E-state index is -0.602. The quantitative estimate of drug-likeness (QED) is 0.795. The molecule has 0 bridgehead atoms. The average molecular weight is 204 g/mol. The van der Waals surface area contributed by atoms with Gasteiger partial charge in [0.1, 0.15) is 5.82 Å². The van der Waals surface area contributed by atoms with Crippen molar-refractivity contribution >= 4 is 5.82 Å². The van der Waals surface area contributed by atoms with Crippen LogP contribution in [0.15, 0.2) is 41.3 Å². The Balaban J connectivity index is 2.13. The second kappa shape index (κ2) is 4.14. The van der Waals surface area contributed by atoms with Gasteiger partial charge >= 0.3 is 0 Å². The fourth-order valence-corrected chi connectivity index (χ4v) is 1.41. The average Bonchev–Trinajstić information content (AvgIpc) is 2.74. The van der Waals surface area contributed by atoms with Gasteiger partial charge in [-0.15, -0.1) is 0 Å². The smallest absolute Gasteiger partial charge is 0.126 e. The van der Waals surface area contributed by atoms with Gasteiger partial charge in [0.25, 0.3) is 0 Å². The van der Waals surface area contributed by atoms with Gasteiger partial charge < -0.3 is 15.3 Å². The second-order valence-electron chi connectivity index (χ2n) is 3.32. The normalized spacial score (nSPS) is 12.6. The van der Waals surface area contributed by atoms with Crippen LogP contribution in [0.25, 0.3) is 0 Å². The van der Waals surface area contributed by atoms with E-state index < -0.39 is 6.10 Å². The summed E-state index contributed by atoms with van der Waals surface area (Å²) in [6.07, 6.45) is 4.53. The molecule has 15 heavy (non-hydrogen) atoms. The topological polar surface area (TPSA) is 72.3 Å². The Bertz CT molecular complexity index is 426. The van der Waals surface area contributed by atoms with Gasteiger partial charge in [-0.1, -0.05) is 6.07 Å². The van der Waals surface area contributed by atoms with Gasteiger partial charge in [0, 0.05) is 18.2 Å². The summed E-state index contributed by atoms with van der Waals surface area (Å²) in [7, 11) is 0. The van der Waals surface area contributed by atoms with Crippen LogP contribution in [0.5, 0.6) is 0 Å². The lowest BCUT2D eigenvalue weighted by atomic mass is 10.0. The molecule has 0 aliphatic heterocycles. The van der Waals surface area contributed by atoms with Crippen molar-refractivity contribution in [2.24, 2.45) is 0 Å². The minimum absolute atomic E-state index is 0.444. The minimum Gasteiger partial charge on any atom is -0.472 e. The molecule has 0 saturated carbocycles. The van der Waals surface area contributed by atoms with Gasteiger partial charge in [0.15, 0.2) is 0 Å². The fraction of sp³-hybridized carbons (Fsp3) is 0.182. The van der Waals surface area contributed by atoms with Crippen molar-refractivity contribution < 1.29 is 9.52 Å². The molecule has 0 fully saturated rings. The molecule has 2 aromatic heterocycles. The number of aromatic nitrogens is 1. The van der Waals surface area contributed by atoms with Crippen molar-refractivity contribution in [3.63, 3.8) is 0 Å². The highest BCUT2D eigenvalue weighted by molar-refractivity contribution is 5.39. The Morgan fingerprint density at radius 2 is 2.33 bits per heavy atom. The first-order valence-electron chi connectivity index (χ1n) is 4.67. The zero-order valence-electron chi connectivity index (χ0n) is 8.13. The number of furan rings is 1. The molecule has 1 atom stereocenters. The first-order valence-corrected chi connectivity index (χ1v) is 4.67. The highest BCUT2D eigenvalue weighted by Gasteiger charge is 2.11. The predicted octanol–water partition coefficient (Wildman–Crippen LogP) is 1.53. The van der Waals surface area contributed by atoms with E-state index in [2.05, 4.69) is 4.98 Å². The van der Waals surface area contributed by atoms with Crippen LogP contribution >= 0.6 is 0 Å². The Hall–Kier alpha value is -1.81. The zero-order valence-corrected chi connectivity index (χ0v) is 8.13.